The fourth-order valence-corrected chi connectivity index (χ4v) is 3.49. The van der Waals surface area contributed by atoms with Crippen molar-refractivity contribution >= 4 is 27.1 Å². The second-order valence-corrected chi connectivity index (χ2v) is 6.73. The SMILES string of the molecule is O=C(NCS(=O)(=O)c1cccs1)c1ccccc1. The molecule has 2 rings (SSSR count). The standard InChI is InChI=1S/C12H11NO3S2/c14-12(10-5-2-1-3-6-10)13-9-18(15,16)11-7-4-8-17-11/h1-8H,9H2,(H,13,14). The number of carbonyl (C=O) groups excluding carboxylic acids is 1. The van der Waals surface area contributed by atoms with Gasteiger partial charge in [0.25, 0.3) is 5.91 Å². The second-order valence-electron chi connectivity index (χ2n) is 3.56. The normalized spacial score (nSPS) is 11.1. The Labute approximate surface area is 109 Å². The van der Waals surface area contributed by atoms with E-state index in [0.29, 0.717) is 5.56 Å². The first-order chi connectivity index (χ1) is 8.59. The van der Waals surface area contributed by atoms with Gasteiger partial charge in [0.15, 0.2) is 0 Å². The molecule has 0 aliphatic carbocycles. The van der Waals surface area contributed by atoms with E-state index < -0.39 is 15.7 Å². The van der Waals surface area contributed by atoms with Gasteiger partial charge in [-0.2, -0.15) is 0 Å². The molecule has 1 N–H and O–H groups in total. The molecule has 0 saturated carbocycles. The van der Waals surface area contributed by atoms with Crippen molar-refractivity contribution in [3.63, 3.8) is 0 Å². The minimum Gasteiger partial charge on any atom is -0.338 e. The van der Waals surface area contributed by atoms with Gasteiger partial charge < -0.3 is 5.32 Å². The molecule has 1 amide bonds. The smallest absolute Gasteiger partial charge is 0.252 e. The summed E-state index contributed by atoms with van der Waals surface area (Å²) in [7, 11) is -3.43. The monoisotopic (exact) mass is 281 g/mol. The Kier molecular flexibility index (Phi) is 3.78. The van der Waals surface area contributed by atoms with Crippen LogP contribution in [-0.4, -0.2) is 20.2 Å². The summed E-state index contributed by atoms with van der Waals surface area (Å²) in [6, 6.07) is 11.7. The molecule has 94 valence electrons. The number of hydrogen-bond donors (Lipinski definition) is 1. The quantitative estimate of drug-likeness (QED) is 0.931. The average Bonchev–Trinajstić information content (AvgIpc) is 2.92. The largest absolute Gasteiger partial charge is 0.338 e. The molecule has 18 heavy (non-hydrogen) atoms. The third-order valence-electron chi connectivity index (χ3n) is 2.26. The third-order valence-corrected chi connectivity index (χ3v) is 5.25. The summed E-state index contributed by atoms with van der Waals surface area (Å²) in [4.78, 5) is 11.7. The first-order valence-corrected chi connectivity index (χ1v) is 7.72. The zero-order chi connectivity index (χ0) is 13.0. The van der Waals surface area contributed by atoms with E-state index in [1.54, 1.807) is 41.8 Å². The molecule has 0 radical (unpaired) electrons. The predicted molar refractivity (Wildman–Crippen MR) is 70.3 cm³/mol. The van der Waals surface area contributed by atoms with Gasteiger partial charge >= 0.3 is 0 Å². The van der Waals surface area contributed by atoms with Gasteiger partial charge in [-0.15, -0.1) is 11.3 Å². The molecule has 0 atom stereocenters. The van der Waals surface area contributed by atoms with Gasteiger partial charge in [0.1, 0.15) is 10.1 Å². The maximum Gasteiger partial charge on any atom is 0.252 e. The molecule has 6 heteroatoms. The molecule has 0 aliphatic heterocycles. The van der Waals surface area contributed by atoms with Crippen LogP contribution in [0.5, 0.6) is 0 Å². The molecular weight excluding hydrogens is 270 g/mol. The Bertz CT molecular complexity index is 619. The lowest BCUT2D eigenvalue weighted by Crippen LogP contribution is -2.29. The van der Waals surface area contributed by atoms with Gasteiger partial charge in [0.05, 0.1) is 0 Å². The number of nitrogens with one attached hydrogen (secondary N) is 1. The second kappa shape index (κ2) is 5.32. The zero-order valence-corrected chi connectivity index (χ0v) is 11.0. The van der Waals surface area contributed by atoms with Gasteiger partial charge in [-0.1, -0.05) is 24.3 Å². The lowest BCUT2D eigenvalue weighted by Gasteiger charge is -2.05. The molecule has 2 aromatic rings. The number of carbonyl (C=O) groups is 1. The van der Waals surface area contributed by atoms with Crippen molar-refractivity contribution in [2.24, 2.45) is 0 Å². The van der Waals surface area contributed by atoms with Crippen molar-refractivity contribution in [3.8, 4) is 0 Å². The van der Waals surface area contributed by atoms with Crippen molar-refractivity contribution in [2.45, 2.75) is 4.21 Å². The van der Waals surface area contributed by atoms with E-state index in [-0.39, 0.29) is 10.1 Å². The maximum atomic E-state index is 11.8. The summed E-state index contributed by atoms with van der Waals surface area (Å²) >= 11 is 1.14. The highest BCUT2D eigenvalue weighted by atomic mass is 32.2. The van der Waals surface area contributed by atoms with E-state index in [4.69, 9.17) is 0 Å². The Morgan fingerprint density at radius 3 is 2.44 bits per heavy atom. The number of benzene rings is 1. The van der Waals surface area contributed by atoms with Crippen molar-refractivity contribution in [1.29, 1.82) is 0 Å². The maximum absolute atomic E-state index is 11.8. The molecule has 1 aromatic carbocycles. The van der Waals surface area contributed by atoms with Crippen molar-refractivity contribution in [2.75, 3.05) is 5.88 Å². The predicted octanol–water partition coefficient (Wildman–Crippen LogP) is 1.91. The molecule has 0 spiro atoms. The Hall–Kier alpha value is -1.66. The Balaban J connectivity index is 2.03. The topological polar surface area (TPSA) is 63.2 Å². The van der Waals surface area contributed by atoms with E-state index in [0.717, 1.165) is 11.3 Å². The highest BCUT2D eigenvalue weighted by Crippen LogP contribution is 2.16. The van der Waals surface area contributed by atoms with Gasteiger partial charge in [0, 0.05) is 5.56 Å². The first kappa shape index (κ1) is 12.8. The van der Waals surface area contributed by atoms with Crippen LogP contribution >= 0.6 is 11.3 Å². The Morgan fingerprint density at radius 1 is 1.11 bits per heavy atom. The molecule has 4 nitrogen and oxygen atoms in total. The van der Waals surface area contributed by atoms with Crippen LogP contribution < -0.4 is 5.32 Å². The van der Waals surface area contributed by atoms with Crippen LogP contribution in [0.2, 0.25) is 0 Å². The Morgan fingerprint density at radius 2 is 1.83 bits per heavy atom. The van der Waals surface area contributed by atoms with Gasteiger partial charge in [-0.25, -0.2) is 8.42 Å². The van der Waals surface area contributed by atoms with Gasteiger partial charge in [0.2, 0.25) is 9.84 Å². The number of thiophene rings is 1. The number of amides is 1. The number of hydrogen-bond acceptors (Lipinski definition) is 4. The van der Waals surface area contributed by atoms with Gasteiger partial charge in [-0.05, 0) is 23.6 Å². The summed E-state index contributed by atoms with van der Waals surface area (Å²) < 4.78 is 23.9. The van der Waals surface area contributed by atoms with Crippen LogP contribution in [-0.2, 0) is 9.84 Å². The van der Waals surface area contributed by atoms with Crippen LogP contribution in [0.4, 0.5) is 0 Å². The van der Waals surface area contributed by atoms with Crippen LogP contribution in [0, 0.1) is 0 Å². The summed E-state index contributed by atoms with van der Waals surface area (Å²) in [6.07, 6.45) is 0. The average molecular weight is 281 g/mol. The number of rotatable bonds is 4. The molecule has 0 aliphatic rings. The van der Waals surface area contributed by atoms with Crippen LogP contribution in [0.3, 0.4) is 0 Å². The van der Waals surface area contributed by atoms with E-state index >= 15 is 0 Å². The molecular formula is C12H11NO3S2. The van der Waals surface area contributed by atoms with E-state index in [9.17, 15) is 13.2 Å². The fraction of sp³-hybridized carbons (Fsp3) is 0.0833. The molecule has 1 aromatic heterocycles. The van der Waals surface area contributed by atoms with E-state index in [1.165, 1.54) is 6.07 Å². The summed E-state index contributed by atoms with van der Waals surface area (Å²) in [6.45, 7) is 0. The van der Waals surface area contributed by atoms with Crippen molar-refractivity contribution in [3.05, 3.63) is 53.4 Å². The van der Waals surface area contributed by atoms with E-state index in [1.807, 2.05) is 0 Å². The van der Waals surface area contributed by atoms with Crippen LogP contribution in [0.25, 0.3) is 0 Å². The molecule has 0 bridgehead atoms. The van der Waals surface area contributed by atoms with Crippen LogP contribution in [0.1, 0.15) is 10.4 Å². The summed E-state index contributed by atoms with van der Waals surface area (Å²) in [5, 5.41) is 4.09. The minimum absolute atomic E-state index is 0.260. The van der Waals surface area contributed by atoms with E-state index in [2.05, 4.69) is 5.32 Å². The van der Waals surface area contributed by atoms with Crippen molar-refractivity contribution in [1.82, 2.24) is 5.32 Å². The minimum atomic E-state index is -3.43. The van der Waals surface area contributed by atoms with Gasteiger partial charge in [-0.3, -0.25) is 4.79 Å². The highest BCUT2D eigenvalue weighted by Gasteiger charge is 2.16. The molecule has 0 saturated heterocycles. The molecule has 0 fully saturated rings. The number of sulfone groups is 1. The third kappa shape index (κ3) is 2.96. The highest BCUT2D eigenvalue weighted by molar-refractivity contribution is 7.93. The summed E-state index contributed by atoms with van der Waals surface area (Å²) in [5.41, 5.74) is 0.443. The first-order valence-electron chi connectivity index (χ1n) is 5.19. The fourth-order valence-electron chi connectivity index (χ4n) is 1.36. The molecule has 0 unspecified atom stereocenters. The summed E-state index contributed by atoms with van der Waals surface area (Å²) in [5.74, 6) is -0.780. The zero-order valence-electron chi connectivity index (χ0n) is 9.37. The molecule has 1 heterocycles. The van der Waals surface area contributed by atoms with Crippen LogP contribution in [0.15, 0.2) is 52.1 Å². The lowest BCUT2D eigenvalue weighted by atomic mass is 10.2. The van der Waals surface area contributed by atoms with Crippen molar-refractivity contribution < 1.29 is 13.2 Å². The lowest BCUT2D eigenvalue weighted by molar-refractivity contribution is 0.0960.